The van der Waals surface area contributed by atoms with Gasteiger partial charge in [0.05, 0.1) is 6.54 Å². The highest BCUT2D eigenvalue weighted by molar-refractivity contribution is 8.00. The number of nitrogens with two attached hydrogens (primary N) is 1. The number of nitrogens with zero attached hydrogens (tertiary/aromatic N) is 3. The van der Waals surface area contributed by atoms with E-state index in [2.05, 4.69) is 28.1 Å². The molecule has 6 heteroatoms. The summed E-state index contributed by atoms with van der Waals surface area (Å²) < 4.78 is 0.968. The number of hydrogen-bond acceptors (Lipinski definition) is 6. The smallest absolute Gasteiger partial charge is 0.208 e. The number of aromatic nitrogens is 2. The van der Waals surface area contributed by atoms with Crippen molar-refractivity contribution in [3.63, 3.8) is 0 Å². The predicted molar refractivity (Wildman–Crippen MR) is 86.2 cm³/mol. The van der Waals surface area contributed by atoms with E-state index >= 15 is 0 Å². The summed E-state index contributed by atoms with van der Waals surface area (Å²) in [5.74, 6) is 6.83. The van der Waals surface area contributed by atoms with Gasteiger partial charge in [-0.1, -0.05) is 53.1 Å². The molecule has 2 aromatic rings. The lowest BCUT2D eigenvalue weighted by molar-refractivity contribution is 0.972. The maximum atomic E-state index is 5.42. The van der Waals surface area contributed by atoms with Crippen molar-refractivity contribution in [1.29, 1.82) is 0 Å². The molecule has 0 radical (unpaired) electrons. The van der Waals surface area contributed by atoms with E-state index < -0.39 is 0 Å². The van der Waals surface area contributed by atoms with E-state index in [1.165, 1.54) is 5.56 Å². The summed E-state index contributed by atoms with van der Waals surface area (Å²) >= 11 is 3.27. The molecule has 0 bridgehead atoms. The van der Waals surface area contributed by atoms with Gasteiger partial charge in [-0.2, -0.15) is 0 Å². The molecular weight excluding hydrogens is 288 g/mol. The van der Waals surface area contributed by atoms with Gasteiger partial charge >= 0.3 is 0 Å². The Bertz CT molecular complexity index is 625. The van der Waals surface area contributed by atoms with Crippen LogP contribution in [0.5, 0.6) is 0 Å². The minimum absolute atomic E-state index is 0.379. The Kier molecular flexibility index (Phi) is 5.41. The van der Waals surface area contributed by atoms with Gasteiger partial charge in [0.2, 0.25) is 5.13 Å². The molecule has 0 fully saturated rings. The lowest BCUT2D eigenvalue weighted by Crippen LogP contribution is -2.07. The second-order valence-electron chi connectivity index (χ2n) is 4.20. The van der Waals surface area contributed by atoms with Gasteiger partial charge in [0, 0.05) is 25.4 Å². The van der Waals surface area contributed by atoms with Gasteiger partial charge in [0.25, 0.3) is 0 Å². The van der Waals surface area contributed by atoms with E-state index in [4.69, 9.17) is 5.73 Å². The highest BCUT2D eigenvalue weighted by atomic mass is 32.2. The molecule has 0 saturated carbocycles. The first-order valence-corrected chi connectivity index (χ1v) is 7.91. The highest BCUT2D eigenvalue weighted by Crippen LogP contribution is 2.29. The van der Waals surface area contributed by atoms with Crippen LogP contribution in [0, 0.1) is 11.8 Å². The molecule has 0 aliphatic heterocycles. The summed E-state index contributed by atoms with van der Waals surface area (Å²) in [7, 11) is 3.93. The van der Waals surface area contributed by atoms with Gasteiger partial charge in [0.15, 0.2) is 4.34 Å². The fourth-order valence-electron chi connectivity index (χ4n) is 1.50. The van der Waals surface area contributed by atoms with Crippen LogP contribution >= 0.6 is 23.1 Å². The quantitative estimate of drug-likeness (QED) is 0.693. The second kappa shape index (κ2) is 7.29. The Balaban J connectivity index is 2.06. The zero-order valence-electron chi connectivity index (χ0n) is 11.5. The van der Waals surface area contributed by atoms with Crippen LogP contribution in [0.2, 0.25) is 0 Å². The summed E-state index contributed by atoms with van der Waals surface area (Å²) in [6.45, 7) is 0.379. The minimum Gasteiger partial charge on any atom is -0.353 e. The molecule has 0 aliphatic rings. The van der Waals surface area contributed by atoms with Crippen molar-refractivity contribution in [2.45, 2.75) is 10.1 Å². The summed E-state index contributed by atoms with van der Waals surface area (Å²) in [5.41, 5.74) is 7.65. The number of hydrogen-bond donors (Lipinski definition) is 1. The lowest BCUT2D eigenvalue weighted by Gasteiger charge is -2.04. The molecular formula is C14H16N4S2. The van der Waals surface area contributed by atoms with Crippen molar-refractivity contribution in [2.24, 2.45) is 5.73 Å². The van der Waals surface area contributed by atoms with E-state index in [0.29, 0.717) is 6.54 Å². The Hall–Kier alpha value is -1.55. The zero-order chi connectivity index (χ0) is 14.4. The van der Waals surface area contributed by atoms with Crippen molar-refractivity contribution in [2.75, 3.05) is 25.5 Å². The van der Waals surface area contributed by atoms with E-state index in [1.807, 2.05) is 37.2 Å². The molecule has 0 atom stereocenters. The molecule has 1 aromatic heterocycles. The summed E-state index contributed by atoms with van der Waals surface area (Å²) in [4.78, 5) is 1.96. The molecule has 0 saturated heterocycles. The molecule has 104 valence electrons. The predicted octanol–water partition coefficient (Wildman–Crippen LogP) is 2.21. The molecule has 0 amide bonds. The zero-order valence-corrected chi connectivity index (χ0v) is 13.1. The SMILES string of the molecule is CN(C)c1nnc(SCc2ccccc2C#CCN)s1. The third-order valence-electron chi connectivity index (χ3n) is 2.47. The molecule has 4 nitrogen and oxygen atoms in total. The van der Waals surface area contributed by atoms with Crippen molar-refractivity contribution >= 4 is 28.2 Å². The monoisotopic (exact) mass is 304 g/mol. The van der Waals surface area contributed by atoms with E-state index in [0.717, 1.165) is 20.8 Å². The van der Waals surface area contributed by atoms with Crippen molar-refractivity contribution in [3.05, 3.63) is 35.4 Å². The van der Waals surface area contributed by atoms with Gasteiger partial charge in [-0.25, -0.2) is 0 Å². The summed E-state index contributed by atoms with van der Waals surface area (Å²) in [6, 6.07) is 8.12. The van der Waals surface area contributed by atoms with Crippen molar-refractivity contribution in [3.8, 4) is 11.8 Å². The molecule has 0 spiro atoms. The molecule has 2 rings (SSSR count). The Labute approximate surface area is 127 Å². The second-order valence-corrected chi connectivity index (χ2v) is 6.38. The van der Waals surface area contributed by atoms with Crippen molar-refractivity contribution < 1.29 is 0 Å². The number of rotatable bonds is 4. The molecule has 1 heterocycles. The molecule has 2 N–H and O–H groups in total. The number of thioether (sulfide) groups is 1. The Morgan fingerprint density at radius 3 is 2.80 bits per heavy atom. The highest BCUT2D eigenvalue weighted by Gasteiger charge is 2.07. The van der Waals surface area contributed by atoms with E-state index in [-0.39, 0.29) is 0 Å². The largest absolute Gasteiger partial charge is 0.353 e. The summed E-state index contributed by atoms with van der Waals surface area (Å²) in [6.07, 6.45) is 0. The van der Waals surface area contributed by atoms with Crippen LogP contribution in [0.4, 0.5) is 5.13 Å². The van der Waals surface area contributed by atoms with Crippen molar-refractivity contribution in [1.82, 2.24) is 10.2 Å². The fraction of sp³-hybridized carbons (Fsp3) is 0.286. The van der Waals surface area contributed by atoms with Crippen LogP contribution in [0.3, 0.4) is 0 Å². The number of benzene rings is 1. The molecule has 0 unspecified atom stereocenters. The third-order valence-corrected chi connectivity index (χ3v) is 4.75. The fourth-order valence-corrected chi connectivity index (χ4v) is 3.26. The normalized spacial score (nSPS) is 9.95. The maximum Gasteiger partial charge on any atom is 0.208 e. The molecule has 1 aromatic carbocycles. The van der Waals surface area contributed by atoms with E-state index in [9.17, 15) is 0 Å². The van der Waals surface area contributed by atoms with Crippen LogP contribution in [0.25, 0.3) is 0 Å². The average Bonchev–Trinajstić information content (AvgIpc) is 2.93. The standard InChI is InChI=1S/C14H16N4S2/c1-18(2)13-16-17-14(20-13)19-10-12-7-4-3-6-11(12)8-5-9-15/h3-4,6-7H,9-10,15H2,1-2H3. The summed E-state index contributed by atoms with van der Waals surface area (Å²) in [5, 5.41) is 9.23. The van der Waals surface area contributed by atoms with Crippen LogP contribution in [0.15, 0.2) is 28.6 Å². The lowest BCUT2D eigenvalue weighted by atomic mass is 10.1. The first-order chi connectivity index (χ1) is 9.70. The number of anilines is 1. The maximum absolute atomic E-state index is 5.42. The first kappa shape index (κ1) is 14.9. The van der Waals surface area contributed by atoms with Gasteiger partial charge in [0.1, 0.15) is 0 Å². The molecule has 20 heavy (non-hydrogen) atoms. The van der Waals surface area contributed by atoms with Crippen LogP contribution in [-0.4, -0.2) is 30.8 Å². The van der Waals surface area contributed by atoms with Gasteiger partial charge in [-0.15, -0.1) is 10.2 Å². The topological polar surface area (TPSA) is 55.0 Å². The average molecular weight is 304 g/mol. The van der Waals surface area contributed by atoms with Gasteiger partial charge in [-0.05, 0) is 11.6 Å². The third kappa shape index (κ3) is 3.97. The van der Waals surface area contributed by atoms with Gasteiger partial charge in [-0.3, -0.25) is 0 Å². The minimum atomic E-state index is 0.379. The first-order valence-electron chi connectivity index (χ1n) is 6.11. The Morgan fingerprint density at radius 1 is 1.30 bits per heavy atom. The van der Waals surface area contributed by atoms with Crippen LogP contribution in [0.1, 0.15) is 11.1 Å². The van der Waals surface area contributed by atoms with Crippen LogP contribution < -0.4 is 10.6 Å². The van der Waals surface area contributed by atoms with Gasteiger partial charge < -0.3 is 10.6 Å². The Morgan fingerprint density at radius 2 is 2.10 bits per heavy atom. The van der Waals surface area contributed by atoms with Crippen LogP contribution in [-0.2, 0) is 5.75 Å². The van der Waals surface area contributed by atoms with E-state index in [1.54, 1.807) is 23.1 Å². The molecule has 0 aliphatic carbocycles.